The van der Waals surface area contributed by atoms with Crippen molar-refractivity contribution >= 4 is 0 Å². The van der Waals surface area contributed by atoms with E-state index in [4.69, 9.17) is 14.2 Å². The molecule has 0 radical (unpaired) electrons. The van der Waals surface area contributed by atoms with Gasteiger partial charge in [-0.25, -0.2) is 0 Å². The summed E-state index contributed by atoms with van der Waals surface area (Å²) in [4.78, 5) is 2.58. The minimum atomic E-state index is 0.283. The summed E-state index contributed by atoms with van der Waals surface area (Å²) in [5, 5.41) is 3.51. The molecule has 5 heteroatoms. The Balaban J connectivity index is 1.55. The predicted molar refractivity (Wildman–Crippen MR) is 78.8 cm³/mol. The molecule has 2 saturated heterocycles. The molecule has 0 amide bonds. The van der Waals surface area contributed by atoms with E-state index in [1.165, 1.54) is 12.1 Å². The van der Waals surface area contributed by atoms with Gasteiger partial charge < -0.3 is 19.5 Å². The Hall–Kier alpha value is -1.46. The molecular weight excluding hydrogens is 268 g/mol. The fourth-order valence-corrected chi connectivity index (χ4v) is 3.97. The van der Waals surface area contributed by atoms with Crippen LogP contribution in [-0.2, 0) is 6.54 Å². The van der Waals surface area contributed by atoms with Crippen molar-refractivity contribution in [1.82, 2.24) is 10.2 Å². The SMILES string of the molecule is COc1cc(CN2CC3CNCC3C2C)cc2c1OCO2. The van der Waals surface area contributed by atoms with E-state index < -0.39 is 0 Å². The fourth-order valence-electron chi connectivity index (χ4n) is 3.97. The number of nitrogens with one attached hydrogen (secondary N) is 1. The highest BCUT2D eigenvalue weighted by molar-refractivity contribution is 5.55. The van der Waals surface area contributed by atoms with Crippen molar-refractivity contribution in [3.63, 3.8) is 0 Å². The maximum Gasteiger partial charge on any atom is 0.231 e. The lowest BCUT2D eigenvalue weighted by Crippen LogP contribution is -2.32. The van der Waals surface area contributed by atoms with Gasteiger partial charge in [-0.1, -0.05) is 0 Å². The van der Waals surface area contributed by atoms with Crippen LogP contribution >= 0.6 is 0 Å². The quantitative estimate of drug-likeness (QED) is 0.913. The summed E-state index contributed by atoms with van der Waals surface area (Å²) < 4.78 is 16.4. The van der Waals surface area contributed by atoms with Crippen molar-refractivity contribution in [3.8, 4) is 17.2 Å². The zero-order valence-electron chi connectivity index (χ0n) is 12.6. The molecule has 5 nitrogen and oxygen atoms in total. The van der Waals surface area contributed by atoms with Crippen LogP contribution in [0.1, 0.15) is 12.5 Å². The molecule has 1 N–H and O–H groups in total. The number of ether oxygens (including phenoxy) is 3. The second-order valence-corrected chi connectivity index (χ2v) is 6.28. The standard InChI is InChI=1S/C16H22N2O3/c1-10-13-6-17-5-12(13)8-18(10)7-11-3-14(19-2)16-15(4-11)20-9-21-16/h3-4,10,12-13,17H,5-9H2,1-2H3. The Bertz CT molecular complexity index is 549. The Morgan fingerprint density at radius 1 is 1.33 bits per heavy atom. The van der Waals surface area contributed by atoms with Crippen LogP contribution in [0.2, 0.25) is 0 Å². The first-order chi connectivity index (χ1) is 10.3. The average molecular weight is 290 g/mol. The minimum Gasteiger partial charge on any atom is -0.493 e. The van der Waals surface area contributed by atoms with Gasteiger partial charge in [0.1, 0.15) is 0 Å². The molecular formula is C16H22N2O3. The third-order valence-electron chi connectivity index (χ3n) is 5.16. The maximum atomic E-state index is 5.52. The summed E-state index contributed by atoms with van der Waals surface area (Å²) in [5.41, 5.74) is 1.23. The molecule has 0 spiro atoms. The van der Waals surface area contributed by atoms with E-state index in [-0.39, 0.29) is 6.79 Å². The first-order valence-electron chi connectivity index (χ1n) is 7.67. The van der Waals surface area contributed by atoms with Crippen molar-refractivity contribution in [3.05, 3.63) is 17.7 Å². The molecule has 3 unspecified atom stereocenters. The summed E-state index contributed by atoms with van der Waals surface area (Å²) in [6, 6.07) is 4.79. The van der Waals surface area contributed by atoms with Gasteiger partial charge in [0.15, 0.2) is 11.5 Å². The lowest BCUT2D eigenvalue weighted by molar-refractivity contribution is 0.171. The predicted octanol–water partition coefficient (Wildman–Crippen LogP) is 1.46. The third kappa shape index (κ3) is 2.15. The third-order valence-corrected chi connectivity index (χ3v) is 5.16. The zero-order chi connectivity index (χ0) is 14.4. The summed E-state index contributed by atoms with van der Waals surface area (Å²) in [6.07, 6.45) is 0. The number of nitrogens with zero attached hydrogens (tertiary/aromatic N) is 1. The van der Waals surface area contributed by atoms with E-state index in [0.717, 1.165) is 48.7 Å². The summed E-state index contributed by atoms with van der Waals surface area (Å²) in [6.45, 7) is 7.08. The first kappa shape index (κ1) is 13.2. The van der Waals surface area contributed by atoms with Crippen LogP contribution in [0.3, 0.4) is 0 Å². The summed E-state index contributed by atoms with van der Waals surface area (Å²) in [7, 11) is 1.68. The molecule has 3 heterocycles. The summed E-state index contributed by atoms with van der Waals surface area (Å²) >= 11 is 0. The molecule has 1 aromatic carbocycles. The Kier molecular flexibility index (Phi) is 3.19. The molecule has 21 heavy (non-hydrogen) atoms. The number of benzene rings is 1. The fraction of sp³-hybridized carbons (Fsp3) is 0.625. The van der Waals surface area contributed by atoms with Gasteiger partial charge in [0.25, 0.3) is 0 Å². The van der Waals surface area contributed by atoms with Gasteiger partial charge in [-0.05, 0) is 49.5 Å². The van der Waals surface area contributed by atoms with E-state index >= 15 is 0 Å². The van der Waals surface area contributed by atoms with Gasteiger partial charge in [0.2, 0.25) is 12.5 Å². The molecule has 3 atom stereocenters. The van der Waals surface area contributed by atoms with Crippen molar-refractivity contribution in [1.29, 1.82) is 0 Å². The highest BCUT2D eigenvalue weighted by atomic mass is 16.7. The van der Waals surface area contributed by atoms with Crippen molar-refractivity contribution in [2.45, 2.75) is 19.5 Å². The highest BCUT2D eigenvalue weighted by Crippen LogP contribution is 2.42. The average Bonchev–Trinajstić information content (AvgIpc) is 3.17. The van der Waals surface area contributed by atoms with Crippen LogP contribution in [-0.4, -0.2) is 44.5 Å². The number of likely N-dealkylation sites (tertiary alicyclic amines) is 1. The van der Waals surface area contributed by atoms with E-state index in [2.05, 4.69) is 29.3 Å². The van der Waals surface area contributed by atoms with Gasteiger partial charge in [0.05, 0.1) is 7.11 Å². The van der Waals surface area contributed by atoms with Crippen LogP contribution in [0.15, 0.2) is 12.1 Å². The van der Waals surface area contributed by atoms with Crippen molar-refractivity contribution < 1.29 is 14.2 Å². The van der Waals surface area contributed by atoms with Crippen LogP contribution in [0.5, 0.6) is 17.2 Å². The first-order valence-corrected chi connectivity index (χ1v) is 7.67. The zero-order valence-corrected chi connectivity index (χ0v) is 12.6. The second kappa shape index (κ2) is 5.07. The maximum absolute atomic E-state index is 5.52. The topological polar surface area (TPSA) is 43.0 Å². The van der Waals surface area contributed by atoms with E-state index in [1.807, 2.05) is 0 Å². The van der Waals surface area contributed by atoms with Crippen LogP contribution in [0, 0.1) is 11.8 Å². The smallest absolute Gasteiger partial charge is 0.231 e. The molecule has 3 aliphatic heterocycles. The number of hydrogen-bond donors (Lipinski definition) is 1. The molecule has 0 saturated carbocycles. The van der Waals surface area contributed by atoms with Gasteiger partial charge in [-0.3, -0.25) is 4.90 Å². The molecule has 0 aromatic heterocycles. The van der Waals surface area contributed by atoms with E-state index in [9.17, 15) is 0 Å². The Labute approximate surface area is 125 Å². The molecule has 114 valence electrons. The molecule has 0 bridgehead atoms. The molecule has 1 aromatic rings. The molecule has 3 aliphatic rings. The van der Waals surface area contributed by atoms with Crippen LogP contribution < -0.4 is 19.5 Å². The van der Waals surface area contributed by atoms with E-state index in [1.54, 1.807) is 7.11 Å². The van der Waals surface area contributed by atoms with Gasteiger partial charge >= 0.3 is 0 Å². The normalized spacial score (nSPS) is 30.7. The number of hydrogen-bond acceptors (Lipinski definition) is 5. The minimum absolute atomic E-state index is 0.283. The van der Waals surface area contributed by atoms with Crippen LogP contribution in [0.25, 0.3) is 0 Å². The lowest BCUT2D eigenvalue weighted by atomic mass is 9.95. The van der Waals surface area contributed by atoms with Crippen LogP contribution in [0.4, 0.5) is 0 Å². The Morgan fingerprint density at radius 3 is 3.05 bits per heavy atom. The largest absolute Gasteiger partial charge is 0.493 e. The van der Waals surface area contributed by atoms with E-state index in [0.29, 0.717) is 6.04 Å². The Morgan fingerprint density at radius 2 is 2.24 bits per heavy atom. The second-order valence-electron chi connectivity index (χ2n) is 6.28. The summed E-state index contributed by atoms with van der Waals surface area (Å²) in [5.74, 6) is 3.90. The van der Waals surface area contributed by atoms with Gasteiger partial charge in [-0.2, -0.15) is 0 Å². The van der Waals surface area contributed by atoms with Crippen molar-refractivity contribution in [2.75, 3.05) is 33.5 Å². The highest BCUT2D eigenvalue weighted by Gasteiger charge is 2.41. The number of rotatable bonds is 3. The lowest BCUT2D eigenvalue weighted by Gasteiger charge is -2.24. The van der Waals surface area contributed by atoms with Gasteiger partial charge in [0, 0.05) is 19.1 Å². The van der Waals surface area contributed by atoms with Gasteiger partial charge in [-0.15, -0.1) is 0 Å². The molecule has 4 rings (SSSR count). The molecule has 2 fully saturated rings. The molecule has 0 aliphatic carbocycles. The number of fused-ring (bicyclic) bond motifs is 2. The van der Waals surface area contributed by atoms with Crippen molar-refractivity contribution in [2.24, 2.45) is 11.8 Å². The number of methoxy groups -OCH3 is 1. The monoisotopic (exact) mass is 290 g/mol.